The molecule has 0 aliphatic carbocycles. The lowest BCUT2D eigenvalue weighted by Crippen LogP contribution is -2.10. The first-order valence-electron chi connectivity index (χ1n) is 4.93. The summed E-state index contributed by atoms with van der Waals surface area (Å²) in [5.41, 5.74) is 0. The maximum atomic E-state index is 13.3. The minimum atomic E-state index is -4.01. The van der Waals surface area contributed by atoms with Gasteiger partial charge in [-0.25, -0.2) is 4.39 Å². The molecule has 0 spiro atoms. The van der Waals surface area contributed by atoms with Gasteiger partial charge in [0.15, 0.2) is 11.6 Å². The zero-order chi connectivity index (χ0) is 13.2. The first-order valence-corrected chi connectivity index (χ1v) is 7.14. The van der Waals surface area contributed by atoms with Crippen molar-refractivity contribution < 1.29 is 17.0 Å². The molecular weight excluding hydrogens is 323 g/mol. The Hall–Kier alpha value is -1.40. The van der Waals surface area contributed by atoms with Crippen LogP contribution in [-0.4, -0.2) is 8.42 Å². The minimum absolute atomic E-state index is 0.0334. The SMILES string of the molecule is O=S(=O)(Oc1ccccc1F)c1ccc(Br)cc1. The van der Waals surface area contributed by atoms with Crippen LogP contribution in [-0.2, 0) is 10.1 Å². The van der Waals surface area contributed by atoms with Gasteiger partial charge in [0.05, 0.1) is 0 Å². The van der Waals surface area contributed by atoms with E-state index in [-0.39, 0.29) is 10.6 Å². The van der Waals surface area contributed by atoms with Gasteiger partial charge in [-0.1, -0.05) is 28.1 Å². The van der Waals surface area contributed by atoms with Crippen LogP contribution >= 0.6 is 15.9 Å². The molecule has 0 fully saturated rings. The van der Waals surface area contributed by atoms with Gasteiger partial charge < -0.3 is 4.18 Å². The van der Waals surface area contributed by atoms with Gasteiger partial charge in [0.25, 0.3) is 0 Å². The highest BCUT2D eigenvalue weighted by Gasteiger charge is 2.18. The third kappa shape index (κ3) is 2.88. The number of hydrogen-bond acceptors (Lipinski definition) is 3. The van der Waals surface area contributed by atoms with Crippen LogP contribution in [0.4, 0.5) is 4.39 Å². The second kappa shape index (κ2) is 5.07. The third-order valence-corrected chi connectivity index (χ3v) is 3.92. The van der Waals surface area contributed by atoms with E-state index < -0.39 is 15.9 Å². The lowest BCUT2D eigenvalue weighted by Gasteiger charge is -2.07. The van der Waals surface area contributed by atoms with Crippen molar-refractivity contribution in [2.24, 2.45) is 0 Å². The summed E-state index contributed by atoms with van der Waals surface area (Å²) in [7, 11) is -4.01. The molecule has 0 aliphatic heterocycles. The maximum absolute atomic E-state index is 13.3. The van der Waals surface area contributed by atoms with Crippen LogP contribution in [0.25, 0.3) is 0 Å². The maximum Gasteiger partial charge on any atom is 0.339 e. The van der Waals surface area contributed by atoms with Crippen LogP contribution in [0.3, 0.4) is 0 Å². The average Bonchev–Trinajstić information content (AvgIpc) is 2.32. The van der Waals surface area contributed by atoms with Crippen LogP contribution in [0.15, 0.2) is 57.9 Å². The molecule has 0 heterocycles. The second-order valence-corrected chi connectivity index (χ2v) is 5.88. The Bertz CT molecular complexity index is 653. The Morgan fingerprint density at radius 1 is 1.00 bits per heavy atom. The normalized spacial score (nSPS) is 11.2. The summed E-state index contributed by atoms with van der Waals surface area (Å²) in [5, 5.41) is 0. The highest BCUT2D eigenvalue weighted by atomic mass is 79.9. The molecule has 0 bridgehead atoms. The summed E-state index contributed by atoms with van der Waals surface area (Å²) >= 11 is 3.19. The molecule has 18 heavy (non-hydrogen) atoms. The van der Waals surface area contributed by atoms with Crippen LogP contribution < -0.4 is 4.18 Å². The van der Waals surface area contributed by atoms with Crippen molar-refractivity contribution in [3.05, 3.63) is 58.8 Å². The van der Waals surface area contributed by atoms with E-state index in [0.717, 1.165) is 10.5 Å². The van der Waals surface area contributed by atoms with Crippen molar-refractivity contribution in [1.82, 2.24) is 0 Å². The van der Waals surface area contributed by atoms with Crippen LogP contribution in [0.2, 0.25) is 0 Å². The lowest BCUT2D eigenvalue weighted by atomic mass is 10.3. The first kappa shape index (κ1) is 13.0. The number of halogens is 2. The predicted octanol–water partition coefficient (Wildman–Crippen LogP) is 3.36. The molecule has 0 saturated heterocycles. The molecule has 0 radical (unpaired) electrons. The van der Waals surface area contributed by atoms with Gasteiger partial charge in [-0.2, -0.15) is 8.42 Å². The zero-order valence-corrected chi connectivity index (χ0v) is 11.4. The molecule has 0 N–H and O–H groups in total. The topological polar surface area (TPSA) is 43.4 Å². The smallest absolute Gasteiger partial charge is 0.339 e. The van der Waals surface area contributed by atoms with Crippen molar-refractivity contribution in [2.75, 3.05) is 0 Å². The number of benzene rings is 2. The van der Waals surface area contributed by atoms with Gasteiger partial charge >= 0.3 is 10.1 Å². The molecular formula is C12H8BrFO3S. The molecule has 0 saturated carbocycles. The zero-order valence-electron chi connectivity index (χ0n) is 9.01. The van der Waals surface area contributed by atoms with Gasteiger partial charge in [-0.15, -0.1) is 0 Å². The van der Waals surface area contributed by atoms with Crippen LogP contribution in [0, 0.1) is 5.82 Å². The minimum Gasteiger partial charge on any atom is -0.376 e. The van der Waals surface area contributed by atoms with E-state index in [9.17, 15) is 12.8 Å². The molecule has 0 amide bonds. The Labute approximate surface area is 112 Å². The summed E-state index contributed by atoms with van der Waals surface area (Å²) in [6.45, 7) is 0. The van der Waals surface area contributed by atoms with Gasteiger partial charge in [0, 0.05) is 4.47 Å². The molecule has 2 aromatic rings. The van der Waals surface area contributed by atoms with E-state index in [1.54, 1.807) is 12.1 Å². The standard InChI is InChI=1S/C12H8BrFO3S/c13-9-5-7-10(8-6-9)18(15,16)17-12-4-2-1-3-11(12)14/h1-8H. The predicted molar refractivity (Wildman–Crippen MR) is 68.4 cm³/mol. The molecule has 3 nitrogen and oxygen atoms in total. The molecule has 6 heteroatoms. The first-order chi connectivity index (χ1) is 8.49. The molecule has 0 aromatic heterocycles. The quantitative estimate of drug-likeness (QED) is 0.810. The van der Waals surface area contributed by atoms with E-state index in [1.165, 1.54) is 30.3 Å². The van der Waals surface area contributed by atoms with Crippen molar-refractivity contribution in [3.63, 3.8) is 0 Å². The van der Waals surface area contributed by atoms with Gasteiger partial charge in [0.1, 0.15) is 4.90 Å². The lowest BCUT2D eigenvalue weighted by molar-refractivity contribution is 0.461. The van der Waals surface area contributed by atoms with E-state index >= 15 is 0 Å². The Morgan fingerprint density at radius 2 is 1.61 bits per heavy atom. The van der Waals surface area contributed by atoms with Crippen molar-refractivity contribution >= 4 is 26.0 Å². The fraction of sp³-hybridized carbons (Fsp3) is 0. The molecule has 0 unspecified atom stereocenters. The van der Waals surface area contributed by atoms with E-state index in [0.29, 0.717) is 0 Å². The Kier molecular flexibility index (Phi) is 3.68. The number of para-hydroxylation sites is 1. The van der Waals surface area contributed by atoms with Gasteiger partial charge in [-0.3, -0.25) is 0 Å². The summed E-state index contributed by atoms with van der Waals surface area (Å²) < 4.78 is 42.5. The summed E-state index contributed by atoms with van der Waals surface area (Å²) in [4.78, 5) is -0.0334. The molecule has 2 aromatic carbocycles. The molecule has 0 atom stereocenters. The van der Waals surface area contributed by atoms with Crippen LogP contribution in [0.1, 0.15) is 0 Å². The van der Waals surface area contributed by atoms with Gasteiger partial charge in [0.2, 0.25) is 0 Å². The summed E-state index contributed by atoms with van der Waals surface area (Å²) in [5.74, 6) is -1.04. The summed E-state index contributed by atoms with van der Waals surface area (Å²) in [6.07, 6.45) is 0. The fourth-order valence-corrected chi connectivity index (χ4v) is 2.48. The number of rotatable bonds is 3. The third-order valence-electron chi connectivity index (χ3n) is 2.14. The van der Waals surface area contributed by atoms with E-state index in [2.05, 4.69) is 15.9 Å². The average molecular weight is 331 g/mol. The van der Waals surface area contributed by atoms with Crippen molar-refractivity contribution in [1.29, 1.82) is 0 Å². The Balaban J connectivity index is 2.33. The molecule has 0 aliphatic rings. The molecule has 94 valence electrons. The van der Waals surface area contributed by atoms with Gasteiger partial charge in [-0.05, 0) is 36.4 Å². The number of hydrogen-bond donors (Lipinski definition) is 0. The highest BCUT2D eigenvalue weighted by molar-refractivity contribution is 9.10. The molecule has 2 rings (SSSR count). The van der Waals surface area contributed by atoms with E-state index in [1.807, 2.05) is 0 Å². The van der Waals surface area contributed by atoms with Crippen molar-refractivity contribution in [3.8, 4) is 5.75 Å². The fourth-order valence-electron chi connectivity index (χ4n) is 1.28. The monoisotopic (exact) mass is 330 g/mol. The Morgan fingerprint density at radius 3 is 2.22 bits per heavy atom. The summed E-state index contributed by atoms with van der Waals surface area (Å²) in [6, 6.07) is 11.2. The van der Waals surface area contributed by atoms with Crippen molar-refractivity contribution in [2.45, 2.75) is 4.90 Å². The van der Waals surface area contributed by atoms with E-state index in [4.69, 9.17) is 4.18 Å². The van der Waals surface area contributed by atoms with Crippen LogP contribution in [0.5, 0.6) is 5.75 Å². The highest BCUT2D eigenvalue weighted by Crippen LogP contribution is 2.22. The second-order valence-electron chi connectivity index (χ2n) is 3.42. The largest absolute Gasteiger partial charge is 0.376 e.